The Hall–Kier alpha value is -1.54. The molecule has 0 bridgehead atoms. The van der Waals surface area contributed by atoms with E-state index in [9.17, 15) is 9.59 Å². The largest absolute Gasteiger partial charge is 0.481 e. The second-order valence-electron chi connectivity index (χ2n) is 10.5. The first kappa shape index (κ1) is 45.5. The number of carboxylic acid groups (broad SMARTS) is 1. The predicted octanol–water partition coefficient (Wildman–Crippen LogP) is 1.00. The lowest BCUT2D eigenvalue weighted by molar-refractivity contribution is -0.160. The Morgan fingerprint density at radius 3 is 0.809 bits per heavy atom. The monoisotopic (exact) mass is 688 g/mol. The number of esters is 1. The van der Waals surface area contributed by atoms with Crippen LogP contribution in [0.5, 0.6) is 0 Å². The minimum Gasteiger partial charge on any atom is -0.481 e. The molecule has 0 amide bonds. The lowest BCUT2D eigenvalue weighted by Gasteiger charge is -2.19. The third-order valence-corrected chi connectivity index (χ3v) is 5.19. The topological polar surface area (TPSA) is 174 Å². The van der Waals surface area contributed by atoms with Gasteiger partial charge in [-0.25, -0.2) is 4.79 Å². The van der Waals surface area contributed by atoms with Gasteiger partial charge >= 0.3 is 11.9 Å². The number of ether oxygens (including phenoxy) is 13. The van der Waals surface area contributed by atoms with Crippen molar-refractivity contribution in [3.63, 3.8) is 0 Å². The Morgan fingerprint density at radius 2 is 0.596 bits per heavy atom. The molecule has 0 saturated carbocycles. The Kier molecular flexibility index (Phi) is 34.6. The van der Waals surface area contributed by atoms with Gasteiger partial charge in [-0.1, -0.05) is 0 Å². The van der Waals surface area contributed by atoms with E-state index < -0.39 is 17.5 Å². The van der Waals surface area contributed by atoms with Gasteiger partial charge in [0.15, 0.2) is 0 Å². The molecule has 0 spiro atoms. The van der Waals surface area contributed by atoms with Crippen LogP contribution in [0.3, 0.4) is 0 Å². The maximum atomic E-state index is 11.5. The highest BCUT2D eigenvalue weighted by molar-refractivity contribution is 5.71. The lowest BCUT2D eigenvalue weighted by Crippen LogP contribution is -2.27. The molecular weight excluding hydrogens is 628 g/mol. The molecule has 0 aromatic carbocycles. The molecular formula is C31H60O16. The summed E-state index contributed by atoms with van der Waals surface area (Å²) in [5.41, 5.74) is -0.516. The summed E-state index contributed by atoms with van der Waals surface area (Å²) in [4.78, 5) is 21.8. The van der Waals surface area contributed by atoms with Crippen molar-refractivity contribution in [1.29, 1.82) is 0 Å². The number of carboxylic acids is 1. The van der Waals surface area contributed by atoms with Crippen molar-refractivity contribution in [3.8, 4) is 0 Å². The quantitative estimate of drug-likeness (QED) is 0.0718. The SMILES string of the molecule is CC(C)(C)OC(=O)COCCOCCOCCOCCOCCOCCOCCOCCOCCOCCOCCOCCC(=O)O. The van der Waals surface area contributed by atoms with Crippen molar-refractivity contribution < 1.29 is 76.3 Å². The molecule has 1 N–H and O–H groups in total. The number of carbonyl (C=O) groups is 2. The van der Waals surface area contributed by atoms with Crippen molar-refractivity contribution in [2.75, 3.05) is 159 Å². The van der Waals surface area contributed by atoms with Crippen LogP contribution in [-0.4, -0.2) is 181 Å². The fourth-order valence-corrected chi connectivity index (χ4v) is 3.10. The number of aliphatic carboxylic acids is 1. The number of carbonyl (C=O) groups excluding carboxylic acids is 1. The zero-order valence-corrected chi connectivity index (χ0v) is 28.7. The Morgan fingerprint density at radius 1 is 0.383 bits per heavy atom. The average molecular weight is 689 g/mol. The normalized spacial score (nSPS) is 11.7. The smallest absolute Gasteiger partial charge is 0.332 e. The van der Waals surface area contributed by atoms with Crippen LogP contribution in [0.1, 0.15) is 27.2 Å². The first-order chi connectivity index (χ1) is 22.8. The van der Waals surface area contributed by atoms with Gasteiger partial charge in [-0.3, -0.25) is 4.79 Å². The highest BCUT2D eigenvalue weighted by atomic mass is 16.6. The van der Waals surface area contributed by atoms with E-state index in [2.05, 4.69) is 0 Å². The van der Waals surface area contributed by atoms with Crippen LogP contribution in [0.4, 0.5) is 0 Å². The number of rotatable bonds is 38. The Balaban J connectivity index is 3.10. The van der Waals surface area contributed by atoms with Gasteiger partial charge in [-0.15, -0.1) is 0 Å². The fraction of sp³-hybridized carbons (Fsp3) is 0.935. The molecule has 0 fully saturated rings. The highest BCUT2D eigenvalue weighted by Gasteiger charge is 2.15. The van der Waals surface area contributed by atoms with Gasteiger partial charge in [0.1, 0.15) is 12.2 Å². The van der Waals surface area contributed by atoms with Crippen LogP contribution in [0.25, 0.3) is 0 Å². The van der Waals surface area contributed by atoms with Crippen molar-refractivity contribution >= 4 is 11.9 Å². The van der Waals surface area contributed by atoms with Crippen LogP contribution in [0, 0.1) is 0 Å². The summed E-state index contributed by atoms with van der Waals surface area (Å²) < 4.78 is 69.7. The molecule has 0 saturated heterocycles. The van der Waals surface area contributed by atoms with Crippen LogP contribution in [0.2, 0.25) is 0 Å². The van der Waals surface area contributed by atoms with Crippen LogP contribution in [-0.2, 0) is 71.2 Å². The Bertz CT molecular complexity index is 676. The molecule has 0 atom stereocenters. The number of hydrogen-bond acceptors (Lipinski definition) is 15. The van der Waals surface area contributed by atoms with E-state index in [-0.39, 0.29) is 19.6 Å². The molecule has 280 valence electrons. The average Bonchev–Trinajstić information content (AvgIpc) is 3.01. The van der Waals surface area contributed by atoms with Crippen LogP contribution in [0.15, 0.2) is 0 Å². The van der Waals surface area contributed by atoms with E-state index in [4.69, 9.17) is 66.7 Å². The van der Waals surface area contributed by atoms with Gasteiger partial charge in [0, 0.05) is 0 Å². The van der Waals surface area contributed by atoms with Crippen molar-refractivity contribution in [2.24, 2.45) is 0 Å². The summed E-state index contributed by atoms with van der Waals surface area (Å²) in [6, 6.07) is 0. The molecule has 0 aromatic rings. The minimum atomic E-state index is -0.878. The molecule has 0 unspecified atom stereocenters. The first-order valence-electron chi connectivity index (χ1n) is 16.2. The Labute approximate surface area is 279 Å². The summed E-state index contributed by atoms with van der Waals surface area (Å²) in [5, 5.41) is 8.48. The maximum Gasteiger partial charge on any atom is 0.332 e. The van der Waals surface area contributed by atoms with E-state index in [0.29, 0.717) is 145 Å². The van der Waals surface area contributed by atoms with E-state index in [0.717, 1.165) is 0 Å². The van der Waals surface area contributed by atoms with Gasteiger partial charge < -0.3 is 66.7 Å². The van der Waals surface area contributed by atoms with Gasteiger partial charge in [-0.05, 0) is 20.8 Å². The fourth-order valence-electron chi connectivity index (χ4n) is 3.10. The molecule has 16 nitrogen and oxygen atoms in total. The first-order valence-corrected chi connectivity index (χ1v) is 16.2. The van der Waals surface area contributed by atoms with E-state index in [1.54, 1.807) is 0 Å². The zero-order valence-electron chi connectivity index (χ0n) is 28.7. The van der Waals surface area contributed by atoms with Crippen molar-refractivity contribution in [2.45, 2.75) is 32.8 Å². The van der Waals surface area contributed by atoms with Crippen molar-refractivity contribution in [1.82, 2.24) is 0 Å². The van der Waals surface area contributed by atoms with E-state index in [1.807, 2.05) is 20.8 Å². The molecule has 0 aliphatic rings. The minimum absolute atomic E-state index is 0.00633. The standard InChI is InChI=1S/C31H60O16/c1-31(2,3)47-30(34)28-46-27-26-45-25-24-44-23-22-43-21-20-42-19-18-41-17-16-40-15-14-39-13-12-38-11-10-37-9-8-36-7-6-35-5-4-29(32)33/h4-28H2,1-3H3,(H,32,33). The molecule has 0 aromatic heterocycles. The van der Waals surface area contributed by atoms with Gasteiger partial charge in [0.25, 0.3) is 0 Å². The summed E-state index contributed by atoms with van der Waals surface area (Å²) in [5.74, 6) is -1.27. The van der Waals surface area contributed by atoms with Crippen LogP contribution < -0.4 is 0 Å². The maximum absolute atomic E-state index is 11.5. The molecule has 16 heteroatoms. The molecule has 0 aliphatic carbocycles. The lowest BCUT2D eigenvalue weighted by atomic mass is 10.2. The summed E-state index contributed by atoms with van der Waals surface area (Å²) in [6.45, 7) is 15.4. The predicted molar refractivity (Wildman–Crippen MR) is 168 cm³/mol. The molecule has 0 rings (SSSR count). The number of hydrogen-bond donors (Lipinski definition) is 1. The third kappa shape index (κ3) is 42.4. The summed E-state index contributed by atoms with van der Waals surface area (Å²) in [6.07, 6.45) is -0.00633. The van der Waals surface area contributed by atoms with Gasteiger partial charge in [0.2, 0.25) is 0 Å². The molecule has 0 aliphatic heterocycles. The van der Waals surface area contributed by atoms with Crippen molar-refractivity contribution in [3.05, 3.63) is 0 Å². The van der Waals surface area contributed by atoms with E-state index in [1.165, 1.54) is 0 Å². The van der Waals surface area contributed by atoms with Crippen LogP contribution >= 0.6 is 0 Å². The molecule has 0 radical (unpaired) electrons. The van der Waals surface area contributed by atoms with E-state index >= 15 is 0 Å². The van der Waals surface area contributed by atoms with Gasteiger partial charge in [0.05, 0.1) is 158 Å². The third-order valence-electron chi connectivity index (χ3n) is 5.19. The highest BCUT2D eigenvalue weighted by Crippen LogP contribution is 2.06. The second kappa shape index (κ2) is 35.8. The van der Waals surface area contributed by atoms with Gasteiger partial charge in [-0.2, -0.15) is 0 Å². The summed E-state index contributed by atoms with van der Waals surface area (Å²) in [7, 11) is 0. The summed E-state index contributed by atoms with van der Waals surface area (Å²) >= 11 is 0. The molecule has 0 heterocycles. The second-order valence-corrected chi connectivity index (χ2v) is 10.5. The molecule has 47 heavy (non-hydrogen) atoms. The zero-order chi connectivity index (χ0) is 34.5.